The molecule has 17 heavy (non-hydrogen) atoms. The first kappa shape index (κ1) is 9.80. The molecule has 1 heterocycles. The van der Waals surface area contributed by atoms with Crippen LogP contribution in [0.4, 0.5) is 0 Å². The number of thiazole rings is 1. The summed E-state index contributed by atoms with van der Waals surface area (Å²) in [6.45, 7) is 0. The maximum absolute atomic E-state index is 6.23. The molecule has 0 aliphatic heterocycles. The molecular weight excluding hydrogens is 228 g/mol. The van der Waals surface area contributed by atoms with Crippen molar-refractivity contribution < 1.29 is 0 Å². The third kappa shape index (κ3) is 1.46. The van der Waals surface area contributed by atoms with Gasteiger partial charge in [-0.3, -0.25) is 0 Å². The van der Waals surface area contributed by atoms with Crippen LogP contribution in [0.2, 0.25) is 0 Å². The lowest BCUT2D eigenvalue weighted by atomic mass is 10.1. The zero-order valence-electron chi connectivity index (χ0n) is 9.52. The zero-order valence-corrected chi connectivity index (χ0v) is 10.3. The molecule has 0 saturated heterocycles. The van der Waals surface area contributed by atoms with Crippen molar-refractivity contribution >= 4 is 11.3 Å². The van der Waals surface area contributed by atoms with Crippen molar-refractivity contribution in [3.05, 3.63) is 39.7 Å². The Morgan fingerprint density at radius 1 is 1.29 bits per heavy atom. The number of nitrogens with zero attached hydrogens (tertiary/aromatic N) is 1. The zero-order chi connectivity index (χ0) is 11.4. The van der Waals surface area contributed by atoms with E-state index in [1.165, 1.54) is 34.5 Å². The summed E-state index contributed by atoms with van der Waals surface area (Å²) in [4.78, 5) is 6.19. The van der Waals surface area contributed by atoms with Gasteiger partial charge in [0.05, 0.1) is 11.7 Å². The molecule has 1 saturated carbocycles. The molecule has 0 spiro atoms. The van der Waals surface area contributed by atoms with E-state index in [4.69, 9.17) is 10.7 Å². The molecule has 1 fully saturated rings. The third-order valence-corrected chi connectivity index (χ3v) is 4.91. The molecule has 0 radical (unpaired) electrons. The first-order chi connectivity index (χ1) is 8.33. The topological polar surface area (TPSA) is 38.9 Å². The number of benzene rings is 1. The standard InChI is InChI=1S/C14H14N2S/c15-12(8-5-6-8)14-16-13-10-4-2-1-3-9(10)7-11(13)17-14/h1-4,8,12H,5-7,15H2. The fourth-order valence-corrected chi connectivity index (χ4v) is 3.78. The summed E-state index contributed by atoms with van der Waals surface area (Å²) >= 11 is 1.82. The number of hydrogen-bond acceptors (Lipinski definition) is 3. The SMILES string of the molecule is NC(c1nc2c(s1)Cc1ccccc1-2)C1CC1. The molecule has 2 aliphatic carbocycles. The lowest BCUT2D eigenvalue weighted by molar-refractivity contribution is 0.629. The van der Waals surface area contributed by atoms with E-state index in [1.807, 2.05) is 11.3 Å². The monoisotopic (exact) mass is 242 g/mol. The third-order valence-electron chi connectivity index (χ3n) is 3.75. The molecule has 4 rings (SSSR count). The molecule has 2 N–H and O–H groups in total. The first-order valence-corrected chi connectivity index (χ1v) is 6.98. The Balaban J connectivity index is 1.77. The minimum absolute atomic E-state index is 0.178. The highest BCUT2D eigenvalue weighted by molar-refractivity contribution is 7.12. The summed E-state index contributed by atoms with van der Waals surface area (Å²) in [5.74, 6) is 0.691. The smallest absolute Gasteiger partial charge is 0.111 e. The lowest BCUT2D eigenvalue weighted by Crippen LogP contribution is -2.11. The van der Waals surface area contributed by atoms with Crippen molar-refractivity contribution in [2.24, 2.45) is 11.7 Å². The van der Waals surface area contributed by atoms with Gasteiger partial charge in [0.15, 0.2) is 0 Å². The second-order valence-corrected chi connectivity index (χ2v) is 6.14. The van der Waals surface area contributed by atoms with E-state index in [0.717, 1.165) is 11.4 Å². The summed E-state index contributed by atoms with van der Waals surface area (Å²) in [5, 5.41) is 1.15. The summed E-state index contributed by atoms with van der Waals surface area (Å²) in [7, 11) is 0. The minimum atomic E-state index is 0.178. The number of aromatic nitrogens is 1. The second-order valence-electron chi connectivity index (χ2n) is 5.02. The Hall–Kier alpha value is -1.19. The molecule has 2 aliphatic rings. The quantitative estimate of drug-likeness (QED) is 0.750. The van der Waals surface area contributed by atoms with Crippen LogP contribution in [0, 0.1) is 5.92 Å². The van der Waals surface area contributed by atoms with Crippen LogP contribution in [-0.2, 0) is 6.42 Å². The molecule has 2 nitrogen and oxygen atoms in total. The molecule has 1 aromatic heterocycles. The molecule has 86 valence electrons. The van der Waals surface area contributed by atoms with Crippen molar-refractivity contribution in [3.63, 3.8) is 0 Å². The molecular formula is C14H14N2S. The largest absolute Gasteiger partial charge is 0.322 e. The molecule has 2 aromatic rings. The number of fused-ring (bicyclic) bond motifs is 3. The van der Waals surface area contributed by atoms with E-state index < -0.39 is 0 Å². The van der Waals surface area contributed by atoms with Crippen LogP contribution < -0.4 is 5.73 Å². The van der Waals surface area contributed by atoms with Gasteiger partial charge in [0, 0.05) is 16.9 Å². The average molecular weight is 242 g/mol. The van der Waals surface area contributed by atoms with Crippen LogP contribution in [0.3, 0.4) is 0 Å². The van der Waals surface area contributed by atoms with Gasteiger partial charge < -0.3 is 5.73 Å². The number of rotatable bonds is 2. The predicted molar refractivity (Wildman–Crippen MR) is 70.0 cm³/mol. The number of hydrogen-bond donors (Lipinski definition) is 1. The highest BCUT2D eigenvalue weighted by Crippen LogP contribution is 2.45. The molecule has 1 atom stereocenters. The first-order valence-electron chi connectivity index (χ1n) is 6.16. The van der Waals surface area contributed by atoms with Gasteiger partial charge in [-0.05, 0) is 24.3 Å². The molecule has 3 heteroatoms. The second kappa shape index (κ2) is 3.40. The van der Waals surface area contributed by atoms with Gasteiger partial charge in [-0.1, -0.05) is 24.3 Å². The van der Waals surface area contributed by atoms with Gasteiger partial charge in [-0.25, -0.2) is 4.98 Å². The van der Waals surface area contributed by atoms with Crippen LogP contribution in [0.1, 0.15) is 34.3 Å². The van der Waals surface area contributed by atoms with Crippen LogP contribution in [0.5, 0.6) is 0 Å². The highest BCUT2D eigenvalue weighted by Gasteiger charge is 2.33. The van der Waals surface area contributed by atoms with Crippen LogP contribution in [0.15, 0.2) is 24.3 Å². The Morgan fingerprint density at radius 2 is 2.12 bits per heavy atom. The molecule has 0 bridgehead atoms. The summed E-state index contributed by atoms with van der Waals surface area (Å²) in [5.41, 5.74) is 10.1. The Morgan fingerprint density at radius 3 is 2.94 bits per heavy atom. The van der Waals surface area contributed by atoms with Gasteiger partial charge in [0.1, 0.15) is 5.01 Å². The van der Waals surface area contributed by atoms with Gasteiger partial charge in [-0.15, -0.1) is 11.3 Å². The maximum atomic E-state index is 6.23. The molecule has 1 aromatic carbocycles. The van der Waals surface area contributed by atoms with Crippen molar-refractivity contribution in [1.29, 1.82) is 0 Å². The van der Waals surface area contributed by atoms with E-state index in [2.05, 4.69) is 24.3 Å². The summed E-state index contributed by atoms with van der Waals surface area (Å²) in [6.07, 6.45) is 3.60. The number of nitrogens with two attached hydrogens (primary N) is 1. The average Bonchev–Trinajstić information content (AvgIpc) is 3.01. The van der Waals surface area contributed by atoms with Crippen molar-refractivity contribution in [2.45, 2.75) is 25.3 Å². The van der Waals surface area contributed by atoms with Gasteiger partial charge in [0.25, 0.3) is 0 Å². The van der Waals surface area contributed by atoms with Crippen molar-refractivity contribution in [3.8, 4) is 11.3 Å². The fraction of sp³-hybridized carbons (Fsp3) is 0.357. The van der Waals surface area contributed by atoms with Gasteiger partial charge in [0.2, 0.25) is 0 Å². The van der Waals surface area contributed by atoms with Gasteiger partial charge in [-0.2, -0.15) is 0 Å². The van der Waals surface area contributed by atoms with E-state index in [9.17, 15) is 0 Å². The van der Waals surface area contributed by atoms with Crippen LogP contribution in [0.25, 0.3) is 11.3 Å². The lowest BCUT2D eigenvalue weighted by Gasteiger charge is -2.05. The van der Waals surface area contributed by atoms with Crippen molar-refractivity contribution in [1.82, 2.24) is 4.98 Å². The fourth-order valence-electron chi connectivity index (χ4n) is 2.58. The Kier molecular flexibility index (Phi) is 1.96. The molecule has 0 amide bonds. The van der Waals surface area contributed by atoms with E-state index >= 15 is 0 Å². The predicted octanol–water partition coefficient (Wildman–Crippen LogP) is 3.12. The van der Waals surface area contributed by atoms with Crippen LogP contribution in [-0.4, -0.2) is 4.98 Å². The van der Waals surface area contributed by atoms with Crippen LogP contribution >= 0.6 is 11.3 Å². The van der Waals surface area contributed by atoms with Crippen molar-refractivity contribution in [2.75, 3.05) is 0 Å². The van der Waals surface area contributed by atoms with Gasteiger partial charge >= 0.3 is 0 Å². The minimum Gasteiger partial charge on any atom is -0.322 e. The van der Waals surface area contributed by atoms with E-state index in [0.29, 0.717) is 5.92 Å². The molecule has 1 unspecified atom stereocenters. The maximum Gasteiger partial charge on any atom is 0.111 e. The summed E-state index contributed by atoms with van der Waals surface area (Å²) in [6, 6.07) is 8.75. The summed E-state index contributed by atoms with van der Waals surface area (Å²) < 4.78 is 0. The normalized spacial score (nSPS) is 18.9. The Bertz CT molecular complexity index is 584. The Labute approximate surface area is 105 Å². The van der Waals surface area contributed by atoms with E-state index in [-0.39, 0.29) is 6.04 Å². The highest BCUT2D eigenvalue weighted by atomic mass is 32.1. The van der Waals surface area contributed by atoms with E-state index in [1.54, 1.807) is 0 Å².